The van der Waals surface area contributed by atoms with Crippen molar-refractivity contribution in [3.05, 3.63) is 54.5 Å². The second kappa shape index (κ2) is 4.82. The van der Waals surface area contributed by atoms with Gasteiger partial charge in [-0.3, -0.25) is 4.98 Å². The molecule has 0 aliphatic heterocycles. The van der Waals surface area contributed by atoms with Crippen LogP contribution < -0.4 is 5.73 Å². The summed E-state index contributed by atoms with van der Waals surface area (Å²) in [5.74, 6) is 0. The van der Waals surface area contributed by atoms with Crippen LogP contribution in [-0.4, -0.2) is 14.8 Å². The average Bonchev–Trinajstić information content (AvgIpc) is 2.90. The third kappa shape index (κ3) is 2.11. The third-order valence-corrected chi connectivity index (χ3v) is 3.31. The number of aromatic nitrogens is 3. The fourth-order valence-electron chi connectivity index (χ4n) is 2.13. The van der Waals surface area contributed by atoms with E-state index in [1.165, 1.54) is 0 Å². The number of hydrogen-bond acceptors (Lipinski definition) is 3. The molecule has 0 aliphatic rings. The van der Waals surface area contributed by atoms with Crippen molar-refractivity contribution < 1.29 is 0 Å². The lowest BCUT2D eigenvalue weighted by Gasteiger charge is -2.09. The minimum atomic E-state index is 0.00316. The van der Waals surface area contributed by atoms with Crippen molar-refractivity contribution in [1.82, 2.24) is 14.8 Å². The molecular weight excluding hydrogens is 236 g/mol. The average molecular weight is 252 g/mol. The molecule has 0 saturated carbocycles. The number of nitrogens with two attached hydrogens (primary N) is 1. The number of benzene rings is 1. The molecule has 0 radical (unpaired) electrons. The summed E-state index contributed by atoms with van der Waals surface area (Å²) in [5, 5.41) is 5.53. The molecule has 3 rings (SSSR count). The van der Waals surface area contributed by atoms with Crippen LogP contribution in [0.3, 0.4) is 0 Å². The predicted octanol–water partition coefficient (Wildman–Crippen LogP) is 2.83. The molecule has 0 amide bonds. The van der Waals surface area contributed by atoms with Crippen LogP contribution in [0.5, 0.6) is 0 Å². The highest BCUT2D eigenvalue weighted by molar-refractivity contribution is 5.79. The first-order chi connectivity index (χ1) is 9.29. The Morgan fingerprint density at radius 3 is 2.74 bits per heavy atom. The van der Waals surface area contributed by atoms with E-state index in [4.69, 9.17) is 5.73 Å². The molecule has 1 aromatic carbocycles. The standard InChI is InChI=1S/C15H16N4/c1-2-13(16)14-8-7-12(10-17-14)19-15-6-4-3-5-11(15)9-18-19/h3-10,13H,2,16H2,1H3/t13-/m0/s1. The van der Waals surface area contributed by atoms with Gasteiger partial charge in [0.25, 0.3) is 0 Å². The summed E-state index contributed by atoms with van der Waals surface area (Å²) in [6, 6.07) is 12.1. The number of nitrogens with zero attached hydrogens (tertiary/aromatic N) is 3. The van der Waals surface area contributed by atoms with Gasteiger partial charge in [-0.25, -0.2) is 4.68 Å². The van der Waals surface area contributed by atoms with E-state index in [9.17, 15) is 0 Å². The molecule has 1 atom stereocenters. The molecule has 2 heterocycles. The summed E-state index contributed by atoms with van der Waals surface area (Å²) in [7, 11) is 0. The van der Waals surface area contributed by atoms with Gasteiger partial charge in [0, 0.05) is 11.4 Å². The van der Waals surface area contributed by atoms with Gasteiger partial charge in [0.2, 0.25) is 0 Å². The normalized spacial score (nSPS) is 12.7. The SMILES string of the molecule is CC[C@H](N)c1ccc(-n2ncc3ccccc32)cn1. The Morgan fingerprint density at radius 2 is 2.00 bits per heavy atom. The molecule has 96 valence electrons. The summed E-state index contributed by atoms with van der Waals surface area (Å²) in [6.45, 7) is 2.06. The number of pyridine rings is 1. The zero-order valence-corrected chi connectivity index (χ0v) is 10.8. The Hall–Kier alpha value is -2.20. The Morgan fingerprint density at radius 1 is 1.16 bits per heavy atom. The summed E-state index contributed by atoms with van der Waals surface area (Å²) in [6.07, 6.45) is 4.57. The molecule has 0 aliphatic carbocycles. The van der Waals surface area contributed by atoms with Crippen LogP contribution in [0.25, 0.3) is 16.6 Å². The molecule has 19 heavy (non-hydrogen) atoms. The van der Waals surface area contributed by atoms with E-state index < -0.39 is 0 Å². The van der Waals surface area contributed by atoms with Crippen LogP contribution in [0.4, 0.5) is 0 Å². The van der Waals surface area contributed by atoms with Crippen LogP contribution in [0.1, 0.15) is 25.1 Å². The van der Waals surface area contributed by atoms with Gasteiger partial charge in [-0.1, -0.05) is 25.1 Å². The molecule has 0 fully saturated rings. The molecule has 0 bridgehead atoms. The van der Waals surface area contributed by atoms with Crippen molar-refractivity contribution in [2.75, 3.05) is 0 Å². The number of fused-ring (bicyclic) bond motifs is 1. The van der Waals surface area contributed by atoms with E-state index in [2.05, 4.69) is 17.0 Å². The van der Waals surface area contributed by atoms with Crippen LogP contribution >= 0.6 is 0 Å². The maximum Gasteiger partial charge on any atom is 0.0836 e. The zero-order valence-electron chi connectivity index (χ0n) is 10.8. The van der Waals surface area contributed by atoms with Crippen molar-refractivity contribution in [3.8, 4) is 5.69 Å². The van der Waals surface area contributed by atoms with Gasteiger partial charge in [0.05, 0.1) is 29.3 Å². The summed E-state index contributed by atoms with van der Waals surface area (Å²) >= 11 is 0. The van der Waals surface area contributed by atoms with Gasteiger partial charge in [0.1, 0.15) is 0 Å². The number of rotatable bonds is 3. The Kier molecular flexibility index (Phi) is 3.01. The largest absolute Gasteiger partial charge is 0.323 e. The molecule has 2 aromatic heterocycles. The van der Waals surface area contributed by atoms with Crippen molar-refractivity contribution >= 4 is 10.9 Å². The fourth-order valence-corrected chi connectivity index (χ4v) is 2.13. The van der Waals surface area contributed by atoms with Crippen LogP contribution in [0.15, 0.2) is 48.8 Å². The highest BCUT2D eigenvalue weighted by atomic mass is 15.3. The molecular formula is C15H16N4. The minimum absolute atomic E-state index is 0.00316. The molecule has 4 heteroatoms. The van der Waals surface area contributed by atoms with Gasteiger partial charge in [0.15, 0.2) is 0 Å². The lowest BCUT2D eigenvalue weighted by molar-refractivity contribution is 0.674. The highest BCUT2D eigenvalue weighted by Crippen LogP contribution is 2.18. The van der Waals surface area contributed by atoms with E-state index in [1.807, 2.05) is 53.5 Å². The summed E-state index contributed by atoms with van der Waals surface area (Å²) < 4.78 is 1.89. The van der Waals surface area contributed by atoms with Crippen molar-refractivity contribution in [1.29, 1.82) is 0 Å². The van der Waals surface area contributed by atoms with Gasteiger partial charge in [-0.15, -0.1) is 0 Å². The van der Waals surface area contributed by atoms with Crippen LogP contribution in [0, 0.1) is 0 Å². The topological polar surface area (TPSA) is 56.7 Å². The monoisotopic (exact) mass is 252 g/mol. The van der Waals surface area contributed by atoms with Gasteiger partial charge >= 0.3 is 0 Å². The number of hydrogen-bond donors (Lipinski definition) is 1. The highest BCUT2D eigenvalue weighted by Gasteiger charge is 2.07. The van der Waals surface area contributed by atoms with Crippen molar-refractivity contribution in [2.24, 2.45) is 5.73 Å². The Bertz CT molecular complexity index is 685. The molecule has 0 spiro atoms. The van der Waals surface area contributed by atoms with E-state index in [0.29, 0.717) is 0 Å². The predicted molar refractivity (Wildman–Crippen MR) is 76.1 cm³/mol. The number of para-hydroxylation sites is 1. The van der Waals surface area contributed by atoms with E-state index in [-0.39, 0.29) is 6.04 Å². The summed E-state index contributed by atoms with van der Waals surface area (Å²) in [5.41, 5.74) is 8.92. The second-order valence-corrected chi connectivity index (χ2v) is 4.57. The second-order valence-electron chi connectivity index (χ2n) is 4.57. The zero-order chi connectivity index (χ0) is 13.2. The molecule has 2 N–H and O–H groups in total. The smallest absolute Gasteiger partial charge is 0.0836 e. The van der Waals surface area contributed by atoms with Gasteiger partial charge in [-0.2, -0.15) is 5.10 Å². The first-order valence-electron chi connectivity index (χ1n) is 6.44. The maximum atomic E-state index is 5.97. The quantitative estimate of drug-likeness (QED) is 0.779. The van der Waals surface area contributed by atoms with Gasteiger partial charge in [-0.05, 0) is 24.6 Å². The Balaban J connectivity index is 2.02. The van der Waals surface area contributed by atoms with Crippen LogP contribution in [0.2, 0.25) is 0 Å². The van der Waals surface area contributed by atoms with E-state index in [0.717, 1.165) is 28.7 Å². The van der Waals surface area contributed by atoms with E-state index in [1.54, 1.807) is 0 Å². The van der Waals surface area contributed by atoms with Crippen molar-refractivity contribution in [2.45, 2.75) is 19.4 Å². The minimum Gasteiger partial charge on any atom is -0.323 e. The molecule has 4 nitrogen and oxygen atoms in total. The van der Waals surface area contributed by atoms with Crippen LogP contribution in [-0.2, 0) is 0 Å². The molecule has 3 aromatic rings. The van der Waals surface area contributed by atoms with Gasteiger partial charge < -0.3 is 5.73 Å². The maximum absolute atomic E-state index is 5.97. The first kappa shape index (κ1) is 11.9. The first-order valence-corrected chi connectivity index (χ1v) is 6.44. The Labute approximate surface area is 111 Å². The lowest BCUT2D eigenvalue weighted by Crippen LogP contribution is -2.10. The van der Waals surface area contributed by atoms with Crippen molar-refractivity contribution in [3.63, 3.8) is 0 Å². The third-order valence-electron chi connectivity index (χ3n) is 3.31. The molecule has 0 saturated heterocycles. The molecule has 0 unspecified atom stereocenters. The fraction of sp³-hybridized carbons (Fsp3) is 0.200. The van der Waals surface area contributed by atoms with E-state index >= 15 is 0 Å². The summed E-state index contributed by atoms with van der Waals surface area (Å²) in [4.78, 5) is 4.43. The lowest BCUT2D eigenvalue weighted by atomic mass is 10.1.